The number of azide groups is 1. The molecule has 0 spiro atoms. The van der Waals surface area contributed by atoms with Crippen molar-refractivity contribution in [1.29, 1.82) is 0 Å². The minimum atomic E-state index is -0.974. The fraction of sp³-hybridized carbons (Fsp3) is 0.875. The van der Waals surface area contributed by atoms with Crippen molar-refractivity contribution in [3.63, 3.8) is 0 Å². The molecular formula is C8H17N5O3. The zero-order valence-electron chi connectivity index (χ0n) is 9.00. The van der Waals surface area contributed by atoms with Crippen molar-refractivity contribution in [3.05, 3.63) is 10.4 Å². The Labute approximate surface area is 93.3 Å². The standard InChI is InChI=1S/C8H17N5O3/c9-7(8(14)15)3-1-2-4-12-16-6-5-11-13-10/h7,12H,1-6,9H2,(H,14,15). The molecule has 0 aromatic heterocycles. The molecule has 0 aromatic rings. The largest absolute Gasteiger partial charge is 0.480 e. The van der Waals surface area contributed by atoms with Crippen molar-refractivity contribution in [2.24, 2.45) is 10.8 Å². The fourth-order valence-corrected chi connectivity index (χ4v) is 0.960. The van der Waals surface area contributed by atoms with E-state index in [1.165, 1.54) is 0 Å². The van der Waals surface area contributed by atoms with Crippen molar-refractivity contribution < 1.29 is 14.7 Å². The van der Waals surface area contributed by atoms with Crippen LogP contribution in [0.1, 0.15) is 19.3 Å². The first-order valence-electron chi connectivity index (χ1n) is 5.02. The average Bonchev–Trinajstić information content (AvgIpc) is 2.26. The quantitative estimate of drug-likeness (QED) is 0.164. The SMILES string of the molecule is [N-]=[N+]=NCCONCCCCC(N)C(=O)O. The van der Waals surface area contributed by atoms with Crippen LogP contribution in [0.5, 0.6) is 0 Å². The third-order valence-corrected chi connectivity index (χ3v) is 1.82. The molecule has 0 aromatic carbocycles. The molecule has 16 heavy (non-hydrogen) atoms. The lowest BCUT2D eigenvalue weighted by atomic mass is 10.1. The lowest BCUT2D eigenvalue weighted by molar-refractivity contribution is -0.138. The third-order valence-electron chi connectivity index (χ3n) is 1.82. The number of carboxylic acids is 1. The monoisotopic (exact) mass is 231 g/mol. The predicted octanol–water partition coefficient (Wildman–Crippen LogP) is 0.400. The van der Waals surface area contributed by atoms with Crippen LogP contribution in [0.25, 0.3) is 10.4 Å². The highest BCUT2D eigenvalue weighted by Crippen LogP contribution is 1.98. The number of hydrogen-bond acceptors (Lipinski definition) is 5. The highest BCUT2D eigenvalue weighted by Gasteiger charge is 2.09. The number of carbonyl (C=O) groups is 1. The van der Waals surface area contributed by atoms with Crippen LogP contribution in [0.15, 0.2) is 5.11 Å². The molecule has 0 saturated carbocycles. The van der Waals surface area contributed by atoms with Crippen LogP contribution in [0, 0.1) is 0 Å². The summed E-state index contributed by atoms with van der Waals surface area (Å²) in [5.74, 6) is -0.974. The summed E-state index contributed by atoms with van der Waals surface area (Å²) < 4.78 is 0. The van der Waals surface area contributed by atoms with Gasteiger partial charge in [-0.1, -0.05) is 5.11 Å². The number of hydrogen-bond donors (Lipinski definition) is 3. The highest BCUT2D eigenvalue weighted by atomic mass is 16.6. The van der Waals surface area contributed by atoms with Crippen LogP contribution >= 0.6 is 0 Å². The van der Waals surface area contributed by atoms with E-state index in [9.17, 15) is 4.79 Å². The first-order chi connectivity index (χ1) is 7.68. The van der Waals surface area contributed by atoms with Crippen LogP contribution in [0.4, 0.5) is 0 Å². The second-order valence-electron chi connectivity index (χ2n) is 3.14. The predicted molar refractivity (Wildman–Crippen MR) is 57.4 cm³/mol. The molecule has 0 fully saturated rings. The lowest BCUT2D eigenvalue weighted by Crippen LogP contribution is -2.30. The van der Waals surface area contributed by atoms with Gasteiger partial charge in [-0.15, -0.1) is 0 Å². The summed E-state index contributed by atoms with van der Waals surface area (Å²) in [6, 6.07) is -0.786. The molecule has 0 radical (unpaired) electrons. The Morgan fingerprint density at radius 2 is 2.38 bits per heavy atom. The minimum absolute atomic E-state index is 0.285. The van der Waals surface area contributed by atoms with Crippen molar-refractivity contribution >= 4 is 5.97 Å². The molecule has 0 aliphatic heterocycles. The van der Waals surface area contributed by atoms with Crippen molar-refractivity contribution in [2.75, 3.05) is 19.7 Å². The van der Waals surface area contributed by atoms with Gasteiger partial charge >= 0.3 is 5.97 Å². The first kappa shape index (κ1) is 14.7. The van der Waals surface area contributed by atoms with E-state index in [1.54, 1.807) is 0 Å². The Morgan fingerprint density at radius 1 is 1.62 bits per heavy atom. The number of rotatable bonds is 10. The molecule has 1 atom stereocenters. The number of nitrogens with one attached hydrogen (secondary N) is 1. The van der Waals surface area contributed by atoms with Crippen molar-refractivity contribution in [1.82, 2.24) is 5.48 Å². The van der Waals surface area contributed by atoms with Crippen molar-refractivity contribution in [3.8, 4) is 0 Å². The minimum Gasteiger partial charge on any atom is -0.480 e. The summed E-state index contributed by atoms with van der Waals surface area (Å²) >= 11 is 0. The van der Waals surface area contributed by atoms with Gasteiger partial charge in [0.15, 0.2) is 0 Å². The summed E-state index contributed by atoms with van der Waals surface area (Å²) in [5, 5.41) is 11.8. The Bertz CT molecular complexity index is 242. The number of carboxylic acid groups (broad SMARTS) is 1. The molecule has 0 amide bonds. The van der Waals surface area contributed by atoms with Gasteiger partial charge in [0.2, 0.25) is 0 Å². The average molecular weight is 231 g/mol. The molecule has 0 rings (SSSR count). The van der Waals surface area contributed by atoms with Gasteiger partial charge in [-0.25, -0.2) is 5.48 Å². The Kier molecular flexibility index (Phi) is 9.33. The molecule has 8 nitrogen and oxygen atoms in total. The highest BCUT2D eigenvalue weighted by molar-refractivity contribution is 5.72. The second kappa shape index (κ2) is 10.2. The Morgan fingerprint density at radius 3 is 3.00 bits per heavy atom. The maximum atomic E-state index is 10.4. The van der Waals surface area contributed by atoms with Crippen LogP contribution in [-0.2, 0) is 9.63 Å². The molecule has 4 N–H and O–H groups in total. The molecule has 0 heterocycles. The normalized spacial score (nSPS) is 11.8. The Hall–Kier alpha value is -1.34. The fourth-order valence-electron chi connectivity index (χ4n) is 0.960. The van der Waals surface area contributed by atoms with Gasteiger partial charge in [-0.3, -0.25) is 4.79 Å². The number of unbranched alkanes of at least 4 members (excludes halogenated alkanes) is 1. The lowest BCUT2D eigenvalue weighted by Gasteiger charge is -2.06. The molecular weight excluding hydrogens is 214 g/mol. The molecule has 92 valence electrons. The van der Waals surface area contributed by atoms with E-state index in [4.69, 9.17) is 21.2 Å². The molecule has 0 aliphatic carbocycles. The van der Waals surface area contributed by atoms with Gasteiger partial charge in [-0.05, 0) is 24.8 Å². The van der Waals surface area contributed by atoms with E-state index >= 15 is 0 Å². The first-order valence-corrected chi connectivity index (χ1v) is 5.02. The molecule has 1 unspecified atom stereocenters. The number of aliphatic carboxylic acids is 1. The topological polar surface area (TPSA) is 133 Å². The van der Waals surface area contributed by atoms with Crippen LogP contribution in [0.3, 0.4) is 0 Å². The molecule has 0 aliphatic rings. The molecule has 8 heteroatoms. The van der Waals surface area contributed by atoms with E-state index in [2.05, 4.69) is 15.5 Å². The molecule has 0 bridgehead atoms. The smallest absolute Gasteiger partial charge is 0.320 e. The van der Waals surface area contributed by atoms with E-state index in [-0.39, 0.29) is 6.54 Å². The summed E-state index contributed by atoms with van der Waals surface area (Å²) in [4.78, 5) is 17.9. The maximum absolute atomic E-state index is 10.4. The van der Waals surface area contributed by atoms with Crippen molar-refractivity contribution in [2.45, 2.75) is 25.3 Å². The third kappa shape index (κ3) is 9.22. The summed E-state index contributed by atoms with van der Waals surface area (Å²) in [6.07, 6.45) is 1.96. The van der Waals surface area contributed by atoms with Gasteiger partial charge < -0.3 is 15.7 Å². The van der Waals surface area contributed by atoms with Gasteiger partial charge in [0.25, 0.3) is 0 Å². The number of nitrogens with two attached hydrogens (primary N) is 1. The van der Waals surface area contributed by atoms with E-state index < -0.39 is 12.0 Å². The Balaban J connectivity index is 3.15. The summed E-state index contributed by atoms with van der Waals surface area (Å²) in [5.41, 5.74) is 15.9. The van der Waals surface area contributed by atoms with Gasteiger partial charge in [-0.2, -0.15) is 0 Å². The van der Waals surface area contributed by atoms with Crippen LogP contribution < -0.4 is 11.2 Å². The second-order valence-corrected chi connectivity index (χ2v) is 3.14. The summed E-state index contributed by atoms with van der Waals surface area (Å²) in [6.45, 7) is 1.22. The number of nitrogens with zero attached hydrogens (tertiary/aromatic N) is 3. The number of hydroxylamine groups is 1. The van der Waals surface area contributed by atoms with Gasteiger partial charge in [0.05, 0.1) is 13.2 Å². The van der Waals surface area contributed by atoms with Crippen LogP contribution in [0.2, 0.25) is 0 Å². The molecule has 0 saturated heterocycles. The van der Waals surface area contributed by atoms with E-state index in [0.717, 1.165) is 12.8 Å². The summed E-state index contributed by atoms with van der Waals surface area (Å²) in [7, 11) is 0. The van der Waals surface area contributed by atoms with E-state index in [1.807, 2.05) is 0 Å². The zero-order chi connectivity index (χ0) is 12.2. The van der Waals surface area contributed by atoms with Gasteiger partial charge in [0.1, 0.15) is 6.04 Å². The van der Waals surface area contributed by atoms with E-state index in [0.29, 0.717) is 19.6 Å². The zero-order valence-corrected chi connectivity index (χ0v) is 9.00. The maximum Gasteiger partial charge on any atom is 0.320 e. The van der Waals surface area contributed by atoms with Crippen LogP contribution in [-0.4, -0.2) is 36.8 Å². The van der Waals surface area contributed by atoms with Gasteiger partial charge in [0, 0.05) is 11.5 Å².